The Bertz CT molecular complexity index is 818. The number of ether oxygens (including phenoxy) is 1. The SMILES string of the molecule is CCCN(C)C[C@@H]1CCN(c2nc3ccccc3nc2N2C[C@H](C)O[C@@H](C)C2)C1. The summed E-state index contributed by atoms with van der Waals surface area (Å²) in [6.45, 7) is 12.7. The number of hydrogen-bond donors (Lipinski definition) is 0. The highest BCUT2D eigenvalue weighted by Gasteiger charge is 2.31. The maximum Gasteiger partial charge on any atom is 0.172 e. The summed E-state index contributed by atoms with van der Waals surface area (Å²) in [5.41, 5.74) is 1.95. The van der Waals surface area contributed by atoms with E-state index >= 15 is 0 Å². The monoisotopic (exact) mass is 397 g/mol. The topological polar surface area (TPSA) is 44.7 Å². The van der Waals surface area contributed by atoms with Crippen molar-refractivity contribution in [3.8, 4) is 0 Å². The summed E-state index contributed by atoms with van der Waals surface area (Å²) in [4.78, 5) is 17.5. The Balaban J connectivity index is 1.62. The average molecular weight is 398 g/mol. The first-order valence-electron chi connectivity index (χ1n) is 11.1. The number of para-hydroxylation sites is 2. The highest BCUT2D eigenvalue weighted by Crippen LogP contribution is 2.33. The number of aromatic nitrogens is 2. The number of morpholine rings is 1. The third-order valence-electron chi connectivity index (χ3n) is 6.01. The molecule has 2 saturated heterocycles. The number of rotatable bonds is 6. The summed E-state index contributed by atoms with van der Waals surface area (Å²) < 4.78 is 5.97. The summed E-state index contributed by atoms with van der Waals surface area (Å²) in [7, 11) is 2.24. The van der Waals surface area contributed by atoms with E-state index in [9.17, 15) is 0 Å². The largest absolute Gasteiger partial charge is 0.372 e. The van der Waals surface area contributed by atoms with Gasteiger partial charge in [-0.2, -0.15) is 0 Å². The van der Waals surface area contributed by atoms with Crippen LogP contribution in [0.25, 0.3) is 11.0 Å². The zero-order chi connectivity index (χ0) is 20.4. The van der Waals surface area contributed by atoms with Crippen LogP contribution in [0.5, 0.6) is 0 Å². The highest BCUT2D eigenvalue weighted by atomic mass is 16.5. The number of nitrogens with zero attached hydrogens (tertiary/aromatic N) is 5. The molecule has 2 aromatic rings. The lowest BCUT2D eigenvalue weighted by Crippen LogP contribution is -2.46. The lowest BCUT2D eigenvalue weighted by atomic mass is 10.1. The second-order valence-corrected chi connectivity index (χ2v) is 8.88. The van der Waals surface area contributed by atoms with Crippen molar-refractivity contribution in [2.24, 2.45) is 5.92 Å². The van der Waals surface area contributed by atoms with Crippen LogP contribution in [-0.4, -0.2) is 73.4 Å². The minimum atomic E-state index is 0.203. The summed E-state index contributed by atoms with van der Waals surface area (Å²) in [5, 5.41) is 0. The molecule has 0 aliphatic carbocycles. The summed E-state index contributed by atoms with van der Waals surface area (Å²) in [6.07, 6.45) is 2.83. The van der Waals surface area contributed by atoms with Crippen molar-refractivity contribution in [1.82, 2.24) is 14.9 Å². The van der Waals surface area contributed by atoms with E-state index in [-0.39, 0.29) is 12.2 Å². The molecule has 2 fully saturated rings. The first kappa shape index (κ1) is 20.4. The number of anilines is 2. The van der Waals surface area contributed by atoms with Crippen LogP contribution in [0.4, 0.5) is 11.6 Å². The molecule has 0 spiro atoms. The van der Waals surface area contributed by atoms with E-state index in [0.717, 1.165) is 55.4 Å². The zero-order valence-corrected chi connectivity index (χ0v) is 18.3. The smallest absolute Gasteiger partial charge is 0.172 e. The van der Waals surface area contributed by atoms with E-state index in [1.165, 1.54) is 19.4 Å². The Hall–Kier alpha value is -1.92. The van der Waals surface area contributed by atoms with E-state index in [1.807, 2.05) is 12.1 Å². The van der Waals surface area contributed by atoms with Gasteiger partial charge in [-0.15, -0.1) is 0 Å². The Morgan fingerprint density at radius 3 is 2.24 bits per heavy atom. The van der Waals surface area contributed by atoms with E-state index in [0.29, 0.717) is 5.92 Å². The van der Waals surface area contributed by atoms with Crippen LogP contribution in [0, 0.1) is 5.92 Å². The third-order valence-corrected chi connectivity index (χ3v) is 6.01. The molecule has 0 N–H and O–H groups in total. The number of fused-ring (bicyclic) bond motifs is 1. The van der Waals surface area contributed by atoms with Crippen molar-refractivity contribution in [1.29, 1.82) is 0 Å². The minimum Gasteiger partial charge on any atom is -0.372 e. The number of hydrogen-bond acceptors (Lipinski definition) is 6. The Kier molecular flexibility index (Phi) is 6.20. The maximum absolute atomic E-state index is 5.97. The van der Waals surface area contributed by atoms with Crippen molar-refractivity contribution < 1.29 is 4.74 Å². The fourth-order valence-electron chi connectivity index (χ4n) is 4.84. The molecule has 0 amide bonds. The van der Waals surface area contributed by atoms with Crippen molar-refractivity contribution in [3.63, 3.8) is 0 Å². The molecular formula is C23H35N5O. The first-order chi connectivity index (χ1) is 14.0. The number of benzene rings is 1. The predicted molar refractivity (Wildman–Crippen MR) is 120 cm³/mol. The summed E-state index contributed by atoms with van der Waals surface area (Å²) in [5.74, 6) is 2.76. The fourth-order valence-corrected chi connectivity index (χ4v) is 4.84. The van der Waals surface area contributed by atoms with Gasteiger partial charge in [-0.05, 0) is 58.3 Å². The van der Waals surface area contributed by atoms with Gasteiger partial charge in [0.2, 0.25) is 0 Å². The quantitative estimate of drug-likeness (QED) is 0.744. The molecule has 3 heterocycles. The zero-order valence-electron chi connectivity index (χ0n) is 18.3. The molecule has 1 aromatic heterocycles. The predicted octanol–water partition coefficient (Wildman–Crippen LogP) is 3.41. The van der Waals surface area contributed by atoms with Crippen LogP contribution >= 0.6 is 0 Å². The fraction of sp³-hybridized carbons (Fsp3) is 0.652. The highest BCUT2D eigenvalue weighted by molar-refractivity contribution is 5.81. The second kappa shape index (κ2) is 8.84. The van der Waals surface area contributed by atoms with E-state index in [4.69, 9.17) is 14.7 Å². The van der Waals surface area contributed by atoms with Crippen molar-refractivity contribution >= 4 is 22.7 Å². The third kappa shape index (κ3) is 4.64. The van der Waals surface area contributed by atoms with E-state index in [1.54, 1.807) is 0 Å². The van der Waals surface area contributed by atoms with Gasteiger partial charge < -0.3 is 19.4 Å². The molecule has 0 saturated carbocycles. The van der Waals surface area contributed by atoms with Crippen LogP contribution < -0.4 is 9.80 Å². The van der Waals surface area contributed by atoms with Crippen LogP contribution in [0.1, 0.15) is 33.6 Å². The molecule has 0 radical (unpaired) electrons. The van der Waals surface area contributed by atoms with Gasteiger partial charge in [-0.1, -0.05) is 19.1 Å². The van der Waals surface area contributed by atoms with Gasteiger partial charge in [-0.3, -0.25) is 0 Å². The standard InChI is InChI=1S/C23H35N5O/c1-5-11-26(4)15-19-10-12-27(16-19)22-23(28-13-17(2)29-18(3)14-28)25-21-9-7-6-8-20(21)24-22/h6-9,17-19H,5,10-16H2,1-4H3/t17-,18-,19-/m0/s1. The van der Waals surface area contributed by atoms with E-state index < -0.39 is 0 Å². The normalized spacial score (nSPS) is 25.3. The molecule has 1 aromatic carbocycles. The van der Waals surface area contributed by atoms with Crippen molar-refractivity contribution in [2.45, 2.75) is 45.8 Å². The van der Waals surface area contributed by atoms with E-state index in [2.05, 4.69) is 54.7 Å². The average Bonchev–Trinajstić information content (AvgIpc) is 3.14. The van der Waals surface area contributed by atoms with Crippen molar-refractivity contribution in [3.05, 3.63) is 24.3 Å². The molecular weight excluding hydrogens is 362 g/mol. The summed E-state index contributed by atoms with van der Waals surface area (Å²) in [6, 6.07) is 8.23. The van der Waals surface area contributed by atoms with Crippen LogP contribution in [0.3, 0.4) is 0 Å². The maximum atomic E-state index is 5.97. The Labute approximate surface area is 174 Å². The van der Waals surface area contributed by atoms with Crippen LogP contribution in [0.2, 0.25) is 0 Å². The molecule has 6 heteroatoms. The van der Waals surface area contributed by atoms with Gasteiger partial charge in [0, 0.05) is 32.7 Å². The van der Waals surface area contributed by atoms with Gasteiger partial charge in [0.1, 0.15) is 0 Å². The molecule has 6 nitrogen and oxygen atoms in total. The van der Waals surface area contributed by atoms with Gasteiger partial charge in [0.05, 0.1) is 23.2 Å². The molecule has 158 valence electrons. The lowest BCUT2D eigenvalue weighted by molar-refractivity contribution is -0.00542. The minimum absolute atomic E-state index is 0.203. The molecule has 29 heavy (non-hydrogen) atoms. The lowest BCUT2D eigenvalue weighted by Gasteiger charge is -2.37. The Morgan fingerprint density at radius 1 is 1.00 bits per heavy atom. The molecule has 0 bridgehead atoms. The molecule has 3 atom stereocenters. The van der Waals surface area contributed by atoms with Crippen LogP contribution in [0.15, 0.2) is 24.3 Å². The van der Waals surface area contributed by atoms with Crippen LogP contribution in [-0.2, 0) is 4.74 Å². The second-order valence-electron chi connectivity index (χ2n) is 8.88. The summed E-state index contributed by atoms with van der Waals surface area (Å²) >= 11 is 0. The first-order valence-corrected chi connectivity index (χ1v) is 11.1. The molecule has 2 aliphatic heterocycles. The van der Waals surface area contributed by atoms with Gasteiger partial charge >= 0.3 is 0 Å². The van der Waals surface area contributed by atoms with Crippen molar-refractivity contribution in [2.75, 3.05) is 56.1 Å². The van der Waals surface area contributed by atoms with Gasteiger partial charge in [0.15, 0.2) is 11.6 Å². The van der Waals surface area contributed by atoms with Gasteiger partial charge in [-0.25, -0.2) is 9.97 Å². The molecule has 4 rings (SSSR count). The Morgan fingerprint density at radius 2 is 1.62 bits per heavy atom. The molecule has 0 unspecified atom stereocenters. The molecule has 2 aliphatic rings. The van der Waals surface area contributed by atoms with Gasteiger partial charge in [0.25, 0.3) is 0 Å².